The number of hydrogen-bond donors (Lipinski definition) is 0. The summed E-state index contributed by atoms with van der Waals surface area (Å²) in [6.45, 7) is 0. The van der Waals surface area contributed by atoms with Gasteiger partial charge < -0.3 is 0 Å². The summed E-state index contributed by atoms with van der Waals surface area (Å²) in [6.07, 6.45) is 0. The lowest BCUT2D eigenvalue weighted by molar-refractivity contribution is 1.71. The highest BCUT2D eigenvalue weighted by Crippen LogP contribution is 2.33. The van der Waals surface area contributed by atoms with E-state index in [0.29, 0.717) is 0 Å². The van der Waals surface area contributed by atoms with Gasteiger partial charge in [0.05, 0.1) is 0 Å². The Kier molecular flexibility index (Phi) is 3.86. The van der Waals surface area contributed by atoms with Crippen molar-refractivity contribution in [1.29, 1.82) is 0 Å². The summed E-state index contributed by atoms with van der Waals surface area (Å²) in [4.78, 5) is 0. The van der Waals surface area contributed by atoms with Crippen LogP contribution in [0.2, 0.25) is 0 Å². The van der Waals surface area contributed by atoms with Gasteiger partial charge in [0.1, 0.15) is 0 Å². The minimum absolute atomic E-state index is 1.09. The predicted molar refractivity (Wildman–Crippen MR) is 105 cm³/mol. The van der Waals surface area contributed by atoms with E-state index in [2.05, 4.69) is 78.9 Å². The zero-order valence-corrected chi connectivity index (χ0v) is 15.0. The first-order valence-electron chi connectivity index (χ1n) is 7.53. The fourth-order valence-electron chi connectivity index (χ4n) is 3.21. The summed E-state index contributed by atoms with van der Waals surface area (Å²) in [6, 6.07) is 27.5. The highest BCUT2D eigenvalue weighted by atomic mass is 35.7. The SMILES string of the molecule is Cl[SiH](Cl)c1ccc2ccccc2c1-c1cccc2ccccc12. The van der Waals surface area contributed by atoms with Gasteiger partial charge >= 0.3 is 0 Å². The molecule has 0 atom stereocenters. The van der Waals surface area contributed by atoms with E-state index in [1.807, 2.05) is 0 Å². The molecule has 3 heteroatoms. The molecule has 0 aliphatic rings. The molecule has 0 unspecified atom stereocenters. The van der Waals surface area contributed by atoms with Crippen LogP contribution in [0.5, 0.6) is 0 Å². The summed E-state index contributed by atoms with van der Waals surface area (Å²) >= 11 is 12.8. The van der Waals surface area contributed by atoms with Crippen molar-refractivity contribution in [2.75, 3.05) is 0 Å². The molecule has 0 aliphatic carbocycles. The Morgan fingerprint density at radius 2 is 1.17 bits per heavy atom. The van der Waals surface area contributed by atoms with Crippen LogP contribution in [0.4, 0.5) is 0 Å². The van der Waals surface area contributed by atoms with E-state index in [-0.39, 0.29) is 0 Å². The highest BCUT2D eigenvalue weighted by Gasteiger charge is 2.17. The van der Waals surface area contributed by atoms with E-state index in [9.17, 15) is 0 Å². The van der Waals surface area contributed by atoms with E-state index < -0.39 is 7.42 Å². The number of fused-ring (bicyclic) bond motifs is 2. The van der Waals surface area contributed by atoms with Crippen molar-refractivity contribution >= 4 is 56.3 Å². The summed E-state index contributed by atoms with van der Waals surface area (Å²) < 4.78 is 0. The monoisotopic (exact) mass is 352 g/mol. The normalized spacial score (nSPS) is 11.4. The second kappa shape index (κ2) is 6.01. The second-order valence-electron chi connectivity index (χ2n) is 5.58. The predicted octanol–water partition coefficient (Wildman–Crippen LogP) is 5.57. The quantitative estimate of drug-likeness (QED) is 0.327. The molecule has 0 spiro atoms. The standard InChI is InChI=1S/C20H14Cl2Si/c21-23(22)19-13-12-15-7-2-4-10-17(15)20(19)18-11-5-8-14-6-1-3-9-16(14)18/h1-13,23H. The first-order valence-corrected chi connectivity index (χ1v) is 11.6. The average molecular weight is 353 g/mol. The van der Waals surface area contributed by atoms with Crippen LogP contribution in [-0.2, 0) is 0 Å². The Hall–Kier alpha value is -1.80. The van der Waals surface area contributed by atoms with E-state index >= 15 is 0 Å². The first kappa shape index (κ1) is 14.8. The third-order valence-electron chi connectivity index (χ3n) is 4.26. The van der Waals surface area contributed by atoms with Gasteiger partial charge in [-0.1, -0.05) is 78.9 Å². The molecule has 4 aromatic rings. The number of hydrogen-bond acceptors (Lipinski definition) is 0. The molecule has 0 saturated carbocycles. The Labute approximate surface area is 146 Å². The van der Waals surface area contributed by atoms with E-state index in [1.54, 1.807) is 0 Å². The van der Waals surface area contributed by atoms with Crippen LogP contribution < -0.4 is 5.19 Å². The Bertz CT molecular complexity index is 1000. The van der Waals surface area contributed by atoms with Gasteiger partial charge in [0.15, 0.2) is 0 Å². The van der Waals surface area contributed by atoms with Crippen molar-refractivity contribution < 1.29 is 0 Å². The molecule has 0 radical (unpaired) electrons. The van der Waals surface area contributed by atoms with Gasteiger partial charge in [-0.3, -0.25) is 0 Å². The van der Waals surface area contributed by atoms with Crippen LogP contribution in [0.25, 0.3) is 32.7 Å². The number of rotatable bonds is 2. The minimum Gasteiger partial charge on any atom is -0.144 e. The smallest absolute Gasteiger partial charge is 0.144 e. The van der Waals surface area contributed by atoms with Crippen LogP contribution in [0.1, 0.15) is 0 Å². The highest BCUT2D eigenvalue weighted by molar-refractivity contribution is 7.39. The zero-order valence-electron chi connectivity index (χ0n) is 12.3. The summed E-state index contributed by atoms with van der Waals surface area (Å²) in [5.74, 6) is 0. The van der Waals surface area contributed by atoms with Gasteiger partial charge in [0.2, 0.25) is 0 Å². The van der Waals surface area contributed by atoms with Crippen molar-refractivity contribution in [2.24, 2.45) is 0 Å². The van der Waals surface area contributed by atoms with Gasteiger partial charge in [-0.05, 0) is 37.9 Å². The van der Waals surface area contributed by atoms with Crippen LogP contribution >= 0.6 is 22.2 Å². The van der Waals surface area contributed by atoms with Crippen molar-refractivity contribution in [1.82, 2.24) is 0 Å². The minimum atomic E-state index is -1.98. The summed E-state index contributed by atoms with van der Waals surface area (Å²) in [7, 11) is -1.98. The van der Waals surface area contributed by atoms with Crippen LogP contribution in [0.15, 0.2) is 78.9 Å². The molecule has 0 fully saturated rings. The molecular weight excluding hydrogens is 339 g/mol. The van der Waals surface area contributed by atoms with Crippen molar-refractivity contribution in [3.05, 3.63) is 78.9 Å². The van der Waals surface area contributed by atoms with Crippen molar-refractivity contribution in [3.63, 3.8) is 0 Å². The first-order chi connectivity index (χ1) is 11.3. The van der Waals surface area contributed by atoms with Crippen molar-refractivity contribution in [2.45, 2.75) is 0 Å². The Morgan fingerprint density at radius 3 is 1.91 bits per heavy atom. The average Bonchev–Trinajstić information content (AvgIpc) is 2.60. The second-order valence-corrected chi connectivity index (χ2v) is 10.1. The lowest BCUT2D eigenvalue weighted by Crippen LogP contribution is -2.21. The molecule has 0 aliphatic heterocycles. The van der Waals surface area contributed by atoms with E-state index in [1.165, 1.54) is 32.7 Å². The Balaban J connectivity index is 2.17. The van der Waals surface area contributed by atoms with E-state index in [0.717, 1.165) is 5.19 Å². The van der Waals surface area contributed by atoms with Crippen LogP contribution in [0.3, 0.4) is 0 Å². The molecule has 0 N–H and O–H groups in total. The van der Waals surface area contributed by atoms with Gasteiger partial charge in [-0.2, -0.15) is 0 Å². The van der Waals surface area contributed by atoms with Crippen molar-refractivity contribution in [3.8, 4) is 11.1 Å². The molecule has 0 bridgehead atoms. The zero-order chi connectivity index (χ0) is 15.8. The third-order valence-corrected chi connectivity index (χ3v) is 6.62. The van der Waals surface area contributed by atoms with Gasteiger partial charge in [0.25, 0.3) is 7.42 Å². The fraction of sp³-hybridized carbons (Fsp3) is 0. The molecule has 0 amide bonds. The number of benzene rings is 4. The summed E-state index contributed by atoms with van der Waals surface area (Å²) in [5.41, 5.74) is 2.38. The molecule has 0 saturated heterocycles. The molecular formula is C20H14Cl2Si. The maximum Gasteiger partial charge on any atom is 0.267 e. The molecule has 4 aromatic carbocycles. The molecule has 0 aromatic heterocycles. The molecule has 0 heterocycles. The third kappa shape index (κ3) is 2.55. The fourth-order valence-corrected chi connectivity index (χ4v) is 5.08. The largest absolute Gasteiger partial charge is 0.267 e. The Morgan fingerprint density at radius 1 is 0.565 bits per heavy atom. The molecule has 0 nitrogen and oxygen atoms in total. The maximum atomic E-state index is 6.41. The van der Waals surface area contributed by atoms with E-state index in [4.69, 9.17) is 22.2 Å². The lowest BCUT2D eigenvalue weighted by atomic mass is 9.94. The number of halogens is 2. The topological polar surface area (TPSA) is 0 Å². The molecule has 4 rings (SSSR count). The molecule has 112 valence electrons. The van der Waals surface area contributed by atoms with Crippen LogP contribution in [0, 0.1) is 0 Å². The maximum absolute atomic E-state index is 6.41. The molecule has 23 heavy (non-hydrogen) atoms. The van der Waals surface area contributed by atoms with Gasteiger partial charge in [-0.25, -0.2) is 0 Å². The van der Waals surface area contributed by atoms with Gasteiger partial charge in [-0.15, -0.1) is 22.2 Å². The van der Waals surface area contributed by atoms with Crippen LogP contribution in [-0.4, -0.2) is 7.42 Å². The van der Waals surface area contributed by atoms with Gasteiger partial charge in [0, 0.05) is 0 Å². The lowest BCUT2D eigenvalue weighted by Gasteiger charge is -2.15. The summed E-state index contributed by atoms with van der Waals surface area (Å²) in [5, 5.41) is 5.97.